The zero-order valence-electron chi connectivity index (χ0n) is 7.36. The number of hydrogen-bond acceptors (Lipinski definition) is 4. The quantitative estimate of drug-likeness (QED) is 0.366. The highest BCUT2D eigenvalue weighted by atomic mass is 31.2. The summed E-state index contributed by atoms with van der Waals surface area (Å²) in [7, 11) is -2.55. The molecule has 1 atom stereocenters. The second-order valence-electron chi connectivity index (χ2n) is 2.57. The molecule has 1 unspecified atom stereocenters. The van der Waals surface area contributed by atoms with Crippen molar-refractivity contribution < 1.29 is 14.0 Å². The van der Waals surface area contributed by atoms with E-state index in [9.17, 15) is 14.7 Å². The molecule has 72 valence electrons. The summed E-state index contributed by atoms with van der Waals surface area (Å²) in [5.74, 6) is 0. The molecule has 0 aliphatic rings. The molecule has 0 aromatic heterocycles. The maximum absolute atomic E-state index is 11.4. The van der Waals surface area contributed by atoms with Crippen LogP contribution in [0.15, 0.2) is 0 Å². The van der Waals surface area contributed by atoms with Crippen LogP contribution in [-0.4, -0.2) is 30.9 Å². The predicted molar refractivity (Wildman–Crippen MR) is 46.5 cm³/mol. The van der Waals surface area contributed by atoms with Crippen LogP contribution in [0.5, 0.6) is 0 Å². The van der Waals surface area contributed by atoms with Gasteiger partial charge in [-0.05, 0) is 6.92 Å². The van der Waals surface area contributed by atoms with Gasteiger partial charge in [0.2, 0.25) is 6.54 Å². The highest BCUT2D eigenvalue weighted by Crippen LogP contribution is 2.42. The van der Waals surface area contributed by atoms with Gasteiger partial charge in [0.25, 0.3) is 0 Å². The SMILES string of the molecule is CCOP(C)(=O)CCC[N+](=O)[O-]. The average Bonchev–Trinajstić information content (AvgIpc) is 1.85. The second-order valence-corrected chi connectivity index (χ2v) is 5.30. The van der Waals surface area contributed by atoms with Crippen molar-refractivity contribution in [2.75, 3.05) is 26.0 Å². The third-order valence-corrected chi connectivity index (χ3v) is 3.24. The van der Waals surface area contributed by atoms with Gasteiger partial charge in [-0.25, -0.2) is 0 Å². The minimum atomic E-state index is -2.55. The van der Waals surface area contributed by atoms with Crippen LogP contribution in [-0.2, 0) is 9.09 Å². The first-order chi connectivity index (χ1) is 5.48. The van der Waals surface area contributed by atoms with Crippen LogP contribution in [0.2, 0.25) is 0 Å². The molecule has 0 N–H and O–H groups in total. The van der Waals surface area contributed by atoms with Gasteiger partial charge in [0.1, 0.15) is 0 Å². The van der Waals surface area contributed by atoms with E-state index in [2.05, 4.69) is 0 Å². The summed E-state index contributed by atoms with van der Waals surface area (Å²) in [6.45, 7) is 3.53. The van der Waals surface area contributed by atoms with Crippen LogP contribution < -0.4 is 0 Å². The molecule has 0 radical (unpaired) electrons. The molecule has 0 spiro atoms. The van der Waals surface area contributed by atoms with Crippen molar-refractivity contribution in [2.45, 2.75) is 13.3 Å². The fraction of sp³-hybridized carbons (Fsp3) is 1.00. The van der Waals surface area contributed by atoms with Crippen LogP contribution in [0.25, 0.3) is 0 Å². The molecule has 12 heavy (non-hydrogen) atoms. The van der Waals surface area contributed by atoms with Gasteiger partial charge in [0, 0.05) is 24.2 Å². The van der Waals surface area contributed by atoms with E-state index in [1.807, 2.05) is 0 Å². The highest BCUT2D eigenvalue weighted by molar-refractivity contribution is 7.58. The molecular formula is C6H14NO4P. The Balaban J connectivity index is 3.61. The van der Waals surface area contributed by atoms with Gasteiger partial charge < -0.3 is 4.52 Å². The zero-order valence-corrected chi connectivity index (χ0v) is 8.25. The molecule has 0 aliphatic heterocycles. The lowest BCUT2D eigenvalue weighted by Crippen LogP contribution is -2.04. The first kappa shape index (κ1) is 11.6. The topological polar surface area (TPSA) is 69.4 Å². The van der Waals surface area contributed by atoms with E-state index in [0.717, 1.165) is 0 Å². The molecule has 0 aliphatic carbocycles. The molecule has 6 heteroatoms. The smallest absolute Gasteiger partial charge is 0.204 e. The molecule has 0 amide bonds. The maximum atomic E-state index is 11.4. The molecule has 0 saturated carbocycles. The predicted octanol–water partition coefficient (Wildman–Crippen LogP) is 1.60. The highest BCUT2D eigenvalue weighted by Gasteiger charge is 2.15. The van der Waals surface area contributed by atoms with Crippen LogP contribution in [0, 0.1) is 10.1 Å². The first-order valence-corrected chi connectivity index (χ1v) is 6.06. The Hall–Kier alpha value is -0.410. The molecule has 0 aromatic rings. The lowest BCUT2D eigenvalue weighted by atomic mass is 10.5. The van der Waals surface area contributed by atoms with Gasteiger partial charge in [-0.1, -0.05) is 0 Å². The van der Waals surface area contributed by atoms with Gasteiger partial charge in [-0.3, -0.25) is 14.7 Å². The van der Waals surface area contributed by atoms with Crippen molar-refractivity contribution in [3.05, 3.63) is 10.1 Å². The number of hydrogen-bond donors (Lipinski definition) is 0. The van der Waals surface area contributed by atoms with E-state index < -0.39 is 12.3 Å². The van der Waals surface area contributed by atoms with Crippen LogP contribution in [0.3, 0.4) is 0 Å². The molecule has 0 heterocycles. The van der Waals surface area contributed by atoms with E-state index in [0.29, 0.717) is 19.2 Å². The van der Waals surface area contributed by atoms with Crippen LogP contribution >= 0.6 is 7.37 Å². The van der Waals surface area contributed by atoms with Gasteiger partial charge in [0.05, 0.1) is 6.61 Å². The van der Waals surface area contributed by atoms with Crippen molar-refractivity contribution in [1.82, 2.24) is 0 Å². The van der Waals surface area contributed by atoms with Crippen LogP contribution in [0.4, 0.5) is 0 Å². The lowest BCUT2D eigenvalue weighted by Gasteiger charge is -2.10. The number of nitrogens with zero attached hydrogens (tertiary/aromatic N) is 1. The van der Waals surface area contributed by atoms with Gasteiger partial charge in [0.15, 0.2) is 7.37 Å². The third-order valence-electron chi connectivity index (χ3n) is 1.31. The van der Waals surface area contributed by atoms with Crippen molar-refractivity contribution >= 4 is 7.37 Å². The summed E-state index contributed by atoms with van der Waals surface area (Å²) in [4.78, 5) is 9.51. The summed E-state index contributed by atoms with van der Waals surface area (Å²) in [6.07, 6.45) is 0.614. The summed E-state index contributed by atoms with van der Waals surface area (Å²) in [5.41, 5.74) is 0. The van der Waals surface area contributed by atoms with Crippen molar-refractivity contribution in [3.63, 3.8) is 0 Å². The van der Waals surface area contributed by atoms with Crippen LogP contribution in [0.1, 0.15) is 13.3 Å². The summed E-state index contributed by atoms with van der Waals surface area (Å²) in [5, 5.41) is 9.92. The van der Waals surface area contributed by atoms with Gasteiger partial charge in [-0.2, -0.15) is 0 Å². The Morgan fingerprint density at radius 3 is 2.58 bits per heavy atom. The van der Waals surface area contributed by atoms with Crippen molar-refractivity contribution in [1.29, 1.82) is 0 Å². The molecule has 0 rings (SSSR count). The monoisotopic (exact) mass is 195 g/mol. The lowest BCUT2D eigenvalue weighted by molar-refractivity contribution is -0.479. The first-order valence-electron chi connectivity index (χ1n) is 3.81. The van der Waals surface area contributed by atoms with Crippen molar-refractivity contribution in [3.8, 4) is 0 Å². The number of nitro groups is 1. The summed E-state index contributed by atoms with van der Waals surface area (Å²) in [6, 6.07) is 0. The van der Waals surface area contributed by atoms with E-state index >= 15 is 0 Å². The van der Waals surface area contributed by atoms with E-state index in [4.69, 9.17) is 4.52 Å². The van der Waals surface area contributed by atoms with Gasteiger partial charge >= 0.3 is 0 Å². The fourth-order valence-electron chi connectivity index (χ4n) is 0.825. The Morgan fingerprint density at radius 1 is 1.58 bits per heavy atom. The summed E-state index contributed by atoms with van der Waals surface area (Å²) >= 11 is 0. The second kappa shape index (κ2) is 5.27. The Kier molecular flexibility index (Phi) is 5.09. The Morgan fingerprint density at radius 2 is 2.17 bits per heavy atom. The largest absolute Gasteiger partial charge is 0.329 e. The van der Waals surface area contributed by atoms with E-state index in [-0.39, 0.29) is 6.54 Å². The van der Waals surface area contributed by atoms with E-state index in [1.165, 1.54) is 6.66 Å². The maximum Gasteiger partial charge on any atom is 0.204 e. The molecular weight excluding hydrogens is 181 g/mol. The normalized spacial score (nSPS) is 15.5. The molecule has 5 nitrogen and oxygen atoms in total. The Labute approximate surface area is 71.7 Å². The Bertz CT molecular complexity index is 194. The molecule has 0 aromatic carbocycles. The molecule has 0 saturated heterocycles. The summed E-state index contributed by atoms with van der Waals surface area (Å²) < 4.78 is 16.3. The van der Waals surface area contributed by atoms with Crippen molar-refractivity contribution in [2.24, 2.45) is 0 Å². The average molecular weight is 195 g/mol. The number of rotatable bonds is 6. The zero-order chi connectivity index (χ0) is 9.61. The van der Waals surface area contributed by atoms with E-state index in [1.54, 1.807) is 6.92 Å². The standard InChI is InChI=1S/C6H14NO4P/c1-3-11-12(2,10)6-4-5-7(8)9/h3-6H2,1-2H3. The third kappa shape index (κ3) is 6.31. The minimum absolute atomic E-state index is 0.134. The fourth-order valence-corrected chi connectivity index (χ4v) is 2.22. The molecule has 0 fully saturated rings. The van der Waals surface area contributed by atoms with Gasteiger partial charge in [-0.15, -0.1) is 0 Å². The molecule has 0 bridgehead atoms. The minimum Gasteiger partial charge on any atom is -0.329 e.